The van der Waals surface area contributed by atoms with Crippen molar-refractivity contribution in [1.82, 2.24) is 5.32 Å². The van der Waals surface area contributed by atoms with Crippen LogP contribution in [0.4, 0.5) is 0 Å². The molecule has 0 radical (unpaired) electrons. The van der Waals surface area contributed by atoms with Crippen LogP contribution >= 0.6 is 0 Å². The highest BCUT2D eigenvalue weighted by Crippen LogP contribution is 2.04. The molecule has 0 aromatic carbocycles. The second kappa shape index (κ2) is 7.80. The van der Waals surface area contributed by atoms with E-state index in [1.54, 1.807) is 0 Å². The first-order chi connectivity index (χ1) is 9.09. The van der Waals surface area contributed by atoms with Crippen molar-refractivity contribution in [3.05, 3.63) is 0 Å². The van der Waals surface area contributed by atoms with Gasteiger partial charge in [-0.05, 0) is 6.92 Å². The van der Waals surface area contributed by atoms with Crippen LogP contribution in [0.5, 0.6) is 0 Å². The maximum atomic E-state index is 11.4. The summed E-state index contributed by atoms with van der Waals surface area (Å²) >= 11 is 0. The summed E-state index contributed by atoms with van der Waals surface area (Å²) in [6.45, 7) is 2.40. The lowest BCUT2D eigenvalue weighted by Gasteiger charge is -2.21. The summed E-state index contributed by atoms with van der Waals surface area (Å²) in [5.41, 5.74) is 0. The molecule has 0 fully saturated rings. The predicted molar refractivity (Wildman–Crippen MR) is 66.2 cm³/mol. The number of carboxylic acids is 1. The van der Waals surface area contributed by atoms with Crippen LogP contribution in [-0.4, -0.2) is 56.4 Å². The van der Waals surface area contributed by atoms with Crippen LogP contribution in [0.15, 0.2) is 0 Å². The molecule has 0 rings (SSSR count). The Morgan fingerprint density at radius 1 is 1.30 bits per heavy atom. The lowest BCUT2D eigenvalue weighted by molar-refractivity contribution is -0.155. The number of aliphatic carboxylic acids is 1. The quantitative estimate of drug-likeness (QED) is 0.424. The molecule has 20 heavy (non-hydrogen) atoms. The Morgan fingerprint density at radius 2 is 1.85 bits per heavy atom. The van der Waals surface area contributed by atoms with Gasteiger partial charge in [0.2, 0.25) is 5.91 Å². The number of ether oxygens (including phenoxy) is 1. The van der Waals surface area contributed by atoms with Gasteiger partial charge in [0.25, 0.3) is 10.1 Å². The molecule has 0 bridgehead atoms. The fourth-order valence-electron chi connectivity index (χ4n) is 1.22. The van der Waals surface area contributed by atoms with Crippen LogP contribution in [0.25, 0.3) is 0 Å². The molecule has 0 aliphatic carbocycles. The standard InChI is InChI=1S/C10H17NO8S/c1-6(9(10(14)15)11-7(2)12)19-8(13)4-5-20(16,17)18-3/h6,9H,4-5H2,1-3H3,(H,11,12)(H,14,15). The normalized spacial score (nSPS) is 14.2. The van der Waals surface area contributed by atoms with Crippen molar-refractivity contribution in [2.75, 3.05) is 12.9 Å². The summed E-state index contributed by atoms with van der Waals surface area (Å²) in [7, 11) is -2.83. The van der Waals surface area contributed by atoms with Crippen molar-refractivity contribution >= 4 is 28.0 Å². The maximum Gasteiger partial charge on any atom is 0.330 e. The van der Waals surface area contributed by atoms with Gasteiger partial charge in [0.1, 0.15) is 6.10 Å². The van der Waals surface area contributed by atoms with Gasteiger partial charge in [-0.1, -0.05) is 0 Å². The highest BCUT2D eigenvalue weighted by molar-refractivity contribution is 7.86. The zero-order chi connectivity index (χ0) is 15.9. The smallest absolute Gasteiger partial charge is 0.330 e. The number of hydrogen-bond donors (Lipinski definition) is 2. The van der Waals surface area contributed by atoms with E-state index in [1.807, 2.05) is 0 Å². The van der Waals surface area contributed by atoms with E-state index in [4.69, 9.17) is 9.84 Å². The van der Waals surface area contributed by atoms with Crippen molar-refractivity contribution < 1.29 is 36.8 Å². The van der Waals surface area contributed by atoms with Crippen LogP contribution in [0.2, 0.25) is 0 Å². The Balaban J connectivity index is 4.49. The second-order valence-corrected chi connectivity index (χ2v) is 5.75. The van der Waals surface area contributed by atoms with E-state index in [2.05, 4.69) is 9.50 Å². The topological polar surface area (TPSA) is 136 Å². The molecule has 9 nitrogen and oxygen atoms in total. The van der Waals surface area contributed by atoms with E-state index in [0.717, 1.165) is 14.0 Å². The van der Waals surface area contributed by atoms with E-state index in [0.29, 0.717) is 0 Å². The number of amides is 1. The summed E-state index contributed by atoms with van der Waals surface area (Å²) in [6.07, 6.45) is -1.62. The highest BCUT2D eigenvalue weighted by atomic mass is 32.2. The zero-order valence-electron chi connectivity index (χ0n) is 11.3. The van der Waals surface area contributed by atoms with E-state index in [1.165, 1.54) is 6.92 Å². The molecule has 116 valence electrons. The SMILES string of the molecule is COS(=O)(=O)CCC(=O)OC(C)C(NC(C)=O)C(=O)O. The van der Waals surface area contributed by atoms with Crippen LogP contribution in [0, 0.1) is 0 Å². The first kappa shape index (κ1) is 18.3. The molecule has 0 saturated carbocycles. The minimum absolute atomic E-state index is 0.479. The summed E-state index contributed by atoms with van der Waals surface area (Å²) in [6, 6.07) is -1.41. The molecule has 10 heteroatoms. The fraction of sp³-hybridized carbons (Fsp3) is 0.700. The van der Waals surface area contributed by atoms with Gasteiger partial charge in [-0.3, -0.25) is 13.8 Å². The molecule has 0 aliphatic heterocycles. The molecular weight excluding hydrogens is 294 g/mol. The van der Waals surface area contributed by atoms with E-state index in [9.17, 15) is 22.8 Å². The molecule has 0 aromatic heterocycles. The maximum absolute atomic E-state index is 11.4. The summed E-state index contributed by atoms with van der Waals surface area (Å²) in [4.78, 5) is 33.1. The lowest BCUT2D eigenvalue weighted by atomic mass is 10.2. The van der Waals surface area contributed by atoms with Crippen molar-refractivity contribution in [2.45, 2.75) is 32.4 Å². The first-order valence-electron chi connectivity index (χ1n) is 5.56. The highest BCUT2D eigenvalue weighted by Gasteiger charge is 2.28. The average Bonchev–Trinajstić information content (AvgIpc) is 2.33. The largest absolute Gasteiger partial charge is 0.480 e. The zero-order valence-corrected chi connectivity index (χ0v) is 12.1. The number of carboxylic acid groups (broad SMARTS) is 1. The molecule has 0 saturated heterocycles. The average molecular weight is 311 g/mol. The van der Waals surface area contributed by atoms with E-state index in [-0.39, 0.29) is 0 Å². The number of carbonyl (C=O) groups is 3. The molecule has 2 unspecified atom stereocenters. The third-order valence-electron chi connectivity index (χ3n) is 2.22. The number of rotatable bonds is 8. The molecule has 0 spiro atoms. The van der Waals surface area contributed by atoms with Gasteiger partial charge >= 0.3 is 11.9 Å². The Kier molecular flexibility index (Phi) is 7.14. The van der Waals surface area contributed by atoms with Crippen molar-refractivity contribution in [1.29, 1.82) is 0 Å². The summed E-state index contributed by atoms with van der Waals surface area (Å²) in [5, 5.41) is 11.0. The number of hydrogen-bond acceptors (Lipinski definition) is 7. The monoisotopic (exact) mass is 311 g/mol. The number of carbonyl (C=O) groups excluding carboxylic acids is 2. The third kappa shape index (κ3) is 7.04. The lowest BCUT2D eigenvalue weighted by Crippen LogP contribution is -2.48. The Hall–Kier alpha value is -1.68. The molecule has 2 atom stereocenters. The molecular formula is C10H17NO8S. The van der Waals surface area contributed by atoms with Gasteiger partial charge in [0, 0.05) is 6.92 Å². The minimum Gasteiger partial charge on any atom is -0.480 e. The van der Waals surface area contributed by atoms with Crippen molar-refractivity contribution in [3.63, 3.8) is 0 Å². The van der Waals surface area contributed by atoms with E-state index < -0.39 is 52.3 Å². The van der Waals surface area contributed by atoms with Gasteiger partial charge in [0.15, 0.2) is 6.04 Å². The summed E-state index contributed by atoms with van der Waals surface area (Å²) in [5.74, 6) is -3.45. The molecule has 1 amide bonds. The van der Waals surface area contributed by atoms with Gasteiger partial charge in [-0.25, -0.2) is 4.79 Å². The van der Waals surface area contributed by atoms with Gasteiger partial charge in [0.05, 0.1) is 19.3 Å². The van der Waals surface area contributed by atoms with Crippen LogP contribution in [0.1, 0.15) is 20.3 Å². The molecule has 0 aliphatic rings. The molecule has 0 heterocycles. The van der Waals surface area contributed by atoms with Gasteiger partial charge in [-0.15, -0.1) is 0 Å². The Morgan fingerprint density at radius 3 is 2.25 bits per heavy atom. The second-order valence-electron chi connectivity index (χ2n) is 3.89. The molecule has 0 aromatic rings. The Labute approximate surface area is 116 Å². The minimum atomic E-state index is -3.79. The summed E-state index contributed by atoms with van der Waals surface area (Å²) < 4.78 is 30.9. The van der Waals surface area contributed by atoms with Crippen LogP contribution in [-0.2, 0) is 33.4 Å². The van der Waals surface area contributed by atoms with Gasteiger partial charge < -0.3 is 15.2 Å². The number of nitrogens with one attached hydrogen (secondary N) is 1. The first-order valence-corrected chi connectivity index (χ1v) is 7.14. The van der Waals surface area contributed by atoms with Gasteiger partial charge in [-0.2, -0.15) is 8.42 Å². The third-order valence-corrected chi connectivity index (χ3v) is 3.43. The number of esters is 1. The molecule has 2 N–H and O–H groups in total. The van der Waals surface area contributed by atoms with Crippen LogP contribution in [0.3, 0.4) is 0 Å². The Bertz CT molecular complexity index is 472. The van der Waals surface area contributed by atoms with Crippen molar-refractivity contribution in [2.24, 2.45) is 0 Å². The van der Waals surface area contributed by atoms with Crippen LogP contribution < -0.4 is 5.32 Å². The fourth-order valence-corrected chi connectivity index (χ4v) is 1.81. The van der Waals surface area contributed by atoms with E-state index >= 15 is 0 Å². The van der Waals surface area contributed by atoms with Crippen molar-refractivity contribution in [3.8, 4) is 0 Å². The predicted octanol–water partition coefficient (Wildman–Crippen LogP) is -1.13.